The number of hydrogen-bond acceptors (Lipinski definition) is 4. The van der Waals surface area contributed by atoms with Crippen molar-refractivity contribution in [3.05, 3.63) is 100 Å². The molecule has 4 rings (SSSR count). The van der Waals surface area contributed by atoms with Crippen LogP contribution in [0, 0.1) is 12.7 Å². The number of halogens is 1. The SMILES string of the molecule is Cc1ccc(N=C2NC(=O)/C(=C/c3cccc(OCc4cccc(F)c4)c3)S2)cc1. The first-order valence-corrected chi connectivity index (χ1v) is 10.2. The molecule has 1 amide bonds. The van der Waals surface area contributed by atoms with Gasteiger partial charge in [0.1, 0.15) is 18.2 Å². The van der Waals surface area contributed by atoms with Gasteiger partial charge >= 0.3 is 0 Å². The molecule has 4 nitrogen and oxygen atoms in total. The second-order valence-electron chi connectivity index (χ2n) is 6.81. The summed E-state index contributed by atoms with van der Waals surface area (Å²) in [6.07, 6.45) is 1.80. The van der Waals surface area contributed by atoms with Gasteiger partial charge in [-0.05, 0) is 72.3 Å². The molecule has 30 heavy (non-hydrogen) atoms. The number of benzene rings is 3. The maximum atomic E-state index is 13.3. The lowest BCUT2D eigenvalue weighted by molar-refractivity contribution is -0.115. The normalized spacial score (nSPS) is 16.1. The van der Waals surface area contributed by atoms with Gasteiger partial charge in [-0.25, -0.2) is 9.38 Å². The van der Waals surface area contributed by atoms with Crippen LogP contribution in [0.4, 0.5) is 10.1 Å². The molecule has 0 atom stereocenters. The van der Waals surface area contributed by atoms with E-state index in [1.54, 1.807) is 12.1 Å². The second kappa shape index (κ2) is 8.97. The Bertz CT molecular complexity index is 1140. The Kier molecular flexibility index (Phi) is 5.95. The fourth-order valence-corrected chi connectivity index (χ4v) is 3.70. The summed E-state index contributed by atoms with van der Waals surface area (Å²) in [7, 11) is 0. The highest BCUT2D eigenvalue weighted by molar-refractivity contribution is 8.18. The maximum absolute atomic E-state index is 13.3. The molecule has 1 aliphatic heterocycles. The summed E-state index contributed by atoms with van der Waals surface area (Å²) in [6, 6.07) is 21.5. The van der Waals surface area contributed by atoms with E-state index in [4.69, 9.17) is 4.74 Å². The lowest BCUT2D eigenvalue weighted by Gasteiger charge is -2.07. The number of aryl methyl sites for hydroxylation is 1. The van der Waals surface area contributed by atoms with Gasteiger partial charge in [0.25, 0.3) is 5.91 Å². The zero-order valence-electron chi connectivity index (χ0n) is 16.3. The van der Waals surface area contributed by atoms with Gasteiger partial charge in [0.2, 0.25) is 0 Å². The molecule has 150 valence electrons. The van der Waals surface area contributed by atoms with E-state index in [9.17, 15) is 9.18 Å². The predicted octanol–water partition coefficient (Wildman–Crippen LogP) is 5.60. The van der Waals surface area contributed by atoms with Gasteiger partial charge in [-0.2, -0.15) is 0 Å². The summed E-state index contributed by atoms with van der Waals surface area (Å²) in [5, 5.41) is 3.34. The fourth-order valence-electron chi connectivity index (χ4n) is 2.86. The van der Waals surface area contributed by atoms with Crippen molar-refractivity contribution in [1.29, 1.82) is 0 Å². The number of amides is 1. The third kappa shape index (κ3) is 5.15. The van der Waals surface area contributed by atoms with Crippen LogP contribution in [0.5, 0.6) is 5.75 Å². The molecule has 0 unspecified atom stereocenters. The fraction of sp³-hybridized carbons (Fsp3) is 0.0833. The Morgan fingerprint density at radius 3 is 2.67 bits per heavy atom. The van der Waals surface area contributed by atoms with Gasteiger partial charge in [0.15, 0.2) is 5.17 Å². The molecule has 0 bridgehead atoms. The number of thioether (sulfide) groups is 1. The van der Waals surface area contributed by atoms with E-state index in [2.05, 4.69) is 10.3 Å². The largest absolute Gasteiger partial charge is 0.489 e. The third-order valence-electron chi connectivity index (χ3n) is 4.37. The Labute approximate surface area is 178 Å². The van der Waals surface area contributed by atoms with Crippen LogP contribution in [0.3, 0.4) is 0 Å². The first kappa shape index (κ1) is 19.9. The van der Waals surface area contributed by atoms with E-state index in [1.807, 2.05) is 61.5 Å². The molecule has 1 heterocycles. The first-order valence-electron chi connectivity index (χ1n) is 9.39. The summed E-state index contributed by atoms with van der Waals surface area (Å²) >= 11 is 1.30. The number of rotatable bonds is 5. The zero-order valence-corrected chi connectivity index (χ0v) is 17.1. The van der Waals surface area contributed by atoms with Crippen molar-refractivity contribution in [3.63, 3.8) is 0 Å². The van der Waals surface area contributed by atoms with E-state index < -0.39 is 0 Å². The van der Waals surface area contributed by atoms with Crippen LogP contribution < -0.4 is 10.1 Å². The van der Waals surface area contributed by atoms with Gasteiger partial charge < -0.3 is 10.1 Å². The van der Waals surface area contributed by atoms with E-state index in [1.165, 1.54) is 23.9 Å². The number of carbonyl (C=O) groups is 1. The second-order valence-corrected chi connectivity index (χ2v) is 7.84. The van der Waals surface area contributed by atoms with E-state index in [0.717, 1.165) is 22.4 Å². The molecule has 0 aromatic heterocycles. The van der Waals surface area contributed by atoms with Crippen LogP contribution >= 0.6 is 11.8 Å². The minimum Gasteiger partial charge on any atom is -0.489 e. The Hall–Kier alpha value is -3.38. The van der Waals surface area contributed by atoms with Crippen LogP contribution in [-0.2, 0) is 11.4 Å². The average molecular weight is 418 g/mol. The quantitative estimate of drug-likeness (QED) is 0.549. The number of nitrogens with zero attached hydrogens (tertiary/aromatic N) is 1. The van der Waals surface area contributed by atoms with Crippen LogP contribution in [0.25, 0.3) is 6.08 Å². The Balaban J connectivity index is 1.45. The summed E-state index contributed by atoms with van der Waals surface area (Å²) < 4.78 is 19.1. The third-order valence-corrected chi connectivity index (χ3v) is 5.28. The van der Waals surface area contributed by atoms with E-state index in [0.29, 0.717) is 15.8 Å². The minimum absolute atomic E-state index is 0.183. The number of ether oxygens (including phenoxy) is 1. The van der Waals surface area contributed by atoms with Crippen molar-refractivity contribution in [1.82, 2.24) is 5.32 Å². The molecular formula is C24H19FN2O2S. The molecule has 1 saturated heterocycles. The highest BCUT2D eigenvalue weighted by atomic mass is 32.2. The van der Waals surface area contributed by atoms with Crippen molar-refractivity contribution in [2.75, 3.05) is 0 Å². The topological polar surface area (TPSA) is 50.7 Å². The van der Waals surface area contributed by atoms with Gasteiger partial charge in [-0.15, -0.1) is 0 Å². The predicted molar refractivity (Wildman–Crippen MR) is 119 cm³/mol. The van der Waals surface area contributed by atoms with Gasteiger partial charge in [0, 0.05) is 0 Å². The zero-order chi connectivity index (χ0) is 20.9. The van der Waals surface area contributed by atoms with Crippen molar-refractivity contribution in [2.45, 2.75) is 13.5 Å². The molecule has 0 spiro atoms. The van der Waals surface area contributed by atoms with Crippen molar-refractivity contribution < 1.29 is 13.9 Å². The number of amidine groups is 1. The molecule has 0 radical (unpaired) electrons. The van der Waals surface area contributed by atoms with Crippen molar-refractivity contribution in [2.24, 2.45) is 4.99 Å². The summed E-state index contributed by atoms with van der Waals surface area (Å²) in [4.78, 5) is 17.4. The molecule has 0 aliphatic carbocycles. The molecule has 1 N–H and O–H groups in total. The highest BCUT2D eigenvalue weighted by Gasteiger charge is 2.23. The van der Waals surface area contributed by atoms with E-state index in [-0.39, 0.29) is 18.3 Å². The van der Waals surface area contributed by atoms with E-state index >= 15 is 0 Å². The van der Waals surface area contributed by atoms with Crippen LogP contribution in [0.2, 0.25) is 0 Å². The van der Waals surface area contributed by atoms with Gasteiger partial charge in [0.05, 0.1) is 10.6 Å². The molecule has 6 heteroatoms. The first-order chi connectivity index (χ1) is 14.5. The molecule has 3 aromatic carbocycles. The Morgan fingerprint density at radius 1 is 1.07 bits per heavy atom. The molecule has 3 aromatic rings. The summed E-state index contributed by atoms with van der Waals surface area (Å²) in [6.45, 7) is 2.28. The Morgan fingerprint density at radius 2 is 1.87 bits per heavy atom. The smallest absolute Gasteiger partial charge is 0.264 e. The number of hydrogen-bond donors (Lipinski definition) is 1. The number of carbonyl (C=O) groups excluding carboxylic acids is 1. The highest BCUT2D eigenvalue weighted by Crippen LogP contribution is 2.29. The summed E-state index contributed by atoms with van der Waals surface area (Å²) in [5.41, 5.74) is 3.53. The lowest BCUT2D eigenvalue weighted by atomic mass is 10.2. The monoisotopic (exact) mass is 418 g/mol. The molecule has 0 saturated carbocycles. The van der Waals surface area contributed by atoms with Crippen molar-refractivity contribution in [3.8, 4) is 5.75 Å². The van der Waals surface area contributed by atoms with Crippen LogP contribution in [-0.4, -0.2) is 11.1 Å². The standard InChI is InChI=1S/C24H19FN2O2S/c1-16-8-10-20(11-9-16)26-24-27-23(28)22(30-24)14-17-4-3-7-21(13-17)29-15-18-5-2-6-19(25)12-18/h2-14H,15H2,1H3,(H,26,27,28)/b22-14-. The number of aliphatic imine (C=N–C) groups is 1. The lowest BCUT2D eigenvalue weighted by Crippen LogP contribution is -2.19. The number of nitrogens with one attached hydrogen (secondary N) is 1. The molecular weight excluding hydrogens is 399 g/mol. The van der Waals surface area contributed by atoms with Crippen LogP contribution in [0.1, 0.15) is 16.7 Å². The maximum Gasteiger partial charge on any atom is 0.264 e. The van der Waals surface area contributed by atoms with Crippen molar-refractivity contribution >= 4 is 34.6 Å². The van der Waals surface area contributed by atoms with Gasteiger partial charge in [-0.3, -0.25) is 4.79 Å². The molecule has 1 aliphatic rings. The summed E-state index contributed by atoms with van der Waals surface area (Å²) in [5.74, 6) is 0.171. The van der Waals surface area contributed by atoms with Crippen LogP contribution in [0.15, 0.2) is 82.7 Å². The van der Waals surface area contributed by atoms with Gasteiger partial charge in [-0.1, -0.05) is 42.0 Å². The molecule has 1 fully saturated rings. The average Bonchev–Trinajstić information content (AvgIpc) is 3.07. The minimum atomic E-state index is -0.290.